The number of nitrogens with two attached hydrogens (primary N) is 1. The van der Waals surface area contributed by atoms with Gasteiger partial charge in [0.1, 0.15) is 5.82 Å². The minimum Gasteiger partial charge on any atom is -0.368 e. The van der Waals surface area contributed by atoms with Gasteiger partial charge in [-0.15, -0.1) is 5.10 Å². The number of anilines is 1. The average molecular weight is 321 g/mol. The predicted octanol–water partition coefficient (Wildman–Crippen LogP) is 3.79. The molecule has 0 atom stereocenters. The van der Waals surface area contributed by atoms with E-state index in [0.29, 0.717) is 23.0 Å². The van der Waals surface area contributed by atoms with Crippen molar-refractivity contribution in [2.45, 2.75) is 19.8 Å². The fourth-order valence-electron chi connectivity index (χ4n) is 2.89. The highest BCUT2D eigenvalue weighted by molar-refractivity contribution is 5.94. The zero-order chi connectivity index (χ0) is 16.8. The van der Waals surface area contributed by atoms with E-state index in [2.05, 4.69) is 28.9 Å². The van der Waals surface area contributed by atoms with Crippen LogP contribution in [0.2, 0.25) is 0 Å². The van der Waals surface area contributed by atoms with Gasteiger partial charge in [0.05, 0.1) is 5.52 Å². The summed E-state index contributed by atoms with van der Waals surface area (Å²) in [5.41, 5.74) is 9.25. The first-order chi connectivity index (χ1) is 11.5. The van der Waals surface area contributed by atoms with Crippen LogP contribution in [0.15, 0.2) is 42.5 Å². The van der Waals surface area contributed by atoms with Gasteiger partial charge in [0.25, 0.3) is 0 Å². The van der Waals surface area contributed by atoms with Gasteiger partial charge in [0, 0.05) is 10.9 Å². The first-order valence-electron chi connectivity index (χ1n) is 7.75. The zero-order valence-corrected chi connectivity index (χ0v) is 13.4. The minimum atomic E-state index is -0.329. The van der Waals surface area contributed by atoms with E-state index >= 15 is 0 Å². The highest BCUT2D eigenvalue weighted by Crippen LogP contribution is 2.28. The molecule has 0 aliphatic heterocycles. The topological polar surface area (TPSA) is 69.1 Å². The molecule has 0 saturated carbocycles. The fraction of sp³-hybridized carbons (Fsp3) is 0.167. The molecule has 0 aliphatic carbocycles. The molecule has 2 aromatic heterocycles. The first-order valence-corrected chi connectivity index (χ1v) is 7.75. The lowest BCUT2D eigenvalue weighted by molar-refractivity contribution is 0.628. The Morgan fingerprint density at radius 2 is 1.88 bits per heavy atom. The van der Waals surface area contributed by atoms with Crippen molar-refractivity contribution < 1.29 is 4.39 Å². The highest BCUT2D eigenvalue weighted by atomic mass is 19.1. The van der Waals surface area contributed by atoms with Crippen molar-refractivity contribution in [3.63, 3.8) is 0 Å². The number of nitrogens with zero attached hydrogens (tertiary/aromatic N) is 4. The number of hydrogen-bond donors (Lipinski definition) is 1. The molecule has 0 amide bonds. The Morgan fingerprint density at radius 3 is 2.62 bits per heavy atom. The average Bonchev–Trinajstić information content (AvgIpc) is 3.00. The molecule has 0 unspecified atom stereocenters. The second-order valence-electron chi connectivity index (χ2n) is 6.05. The van der Waals surface area contributed by atoms with E-state index in [1.54, 1.807) is 12.1 Å². The molecule has 0 fully saturated rings. The van der Waals surface area contributed by atoms with Crippen molar-refractivity contribution in [1.29, 1.82) is 0 Å². The van der Waals surface area contributed by atoms with Crippen LogP contribution in [-0.4, -0.2) is 19.6 Å². The molecule has 2 heterocycles. The Bertz CT molecular complexity index is 1070. The number of hydrogen-bond acceptors (Lipinski definition) is 4. The zero-order valence-electron chi connectivity index (χ0n) is 13.4. The van der Waals surface area contributed by atoms with Crippen LogP contribution in [0.3, 0.4) is 0 Å². The molecule has 6 heteroatoms. The molecule has 0 radical (unpaired) electrons. The molecule has 0 spiro atoms. The molecule has 2 aromatic carbocycles. The molecular formula is C18H16FN5. The molecular weight excluding hydrogens is 305 g/mol. The Labute approximate surface area is 138 Å². The molecule has 0 aliphatic rings. The summed E-state index contributed by atoms with van der Waals surface area (Å²) in [6.07, 6.45) is 0. The number of fused-ring (bicyclic) bond motifs is 3. The smallest absolute Gasteiger partial charge is 0.223 e. The lowest BCUT2D eigenvalue weighted by atomic mass is 10.0. The summed E-state index contributed by atoms with van der Waals surface area (Å²) in [5.74, 6) is 0.671. The van der Waals surface area contributed by atoms with E-state index < -0.39 is 0 Å². The highest BCUT2D eigenvalue weighted by Gasteiger charge is 2.16. The summed E-state index contributed by atoms with van der Waals surface area (Å²) in [6, 6.07) is 12.2. The standard InChI is InChI=1S/C18H16FN5/c1-10(2)13-7-4-8-14-15(13)21-18(20)24-17(14)22-16(23-24)11-5-3-6-12(19)9-11/h3-10H,1-2H3,(H2,20,21). The van der Waals surface area contributed by atoms with Crippen LogP contribution in [0.4, 0.5) is 10.3 Å². The Hall–Kier alpha value is -3.02. The van der Waals surface area contributed by atoms with Crippen LogP contribution in [0, 0.1) is 5.82 Å². The van der Waals surface area contributed by atoms with E-state index in [9.17, 15) is 4.39 Å². The SMILES string of the molecule is CC(C)c1cccc2c1nc(N)n1nc(-c3cccc(F)c3)nc21. The first kappa shape index (κ1) is 14.6. The van der Waals surface area contributed by atoms with Crippen molar-refractivity contribution in [3.8, 4) is 11.4 Å². The van der Waals surface area contributed by atoms with Gasteiger partial charge in [-0.05, 0) is 29.7 Å². The molecule has 0 saturated heterocycles. The number of halogens is 1. The summed E-state index contributed by atoms with van der Waals surface area (Å²) in [6.45, 7) is 4.22. The third-order valence-corrected chi connectivity index (χ3v) is 4.06. The van der Waals surface area contributed by atoms with Gasteiger partial charge < -0.3 is 5.73 Å². The maximum atomic E-state index is 13.5. The van der Waals surface area contributed by atoms with Crippen molar-refractivity contribution in [2.75, 3.05) is 5.73 Å². The van der Waals surface area contributed by atoms with Crippen molar-refractivity contribution in [2.24, 2.45) is 0 Å². The van der Waals surface area contributed by atoms with Crippen LogP contribution in [0.25, 0.3) is 27.9 Å². The second kappa shape index (κ2) is 5.26. The second-order valence-corrected chi connectivity index (χ2v) is 6.05. The lowest BCUT2D eigenvalue weighted by Gasteiger charge is -2.10. The molecule has 2 N–H and O–H groups in total. The quantitative estimate of drug-likeness (QED) is 0.610. The summed E-state index contributed by atoms with van der Waals surface area (Å²) >= 11 is 0. The van der Waals surface area contributed by atoms with Crippen LogP contribution in [0.5, 0.6) is 0 Å². The van der Waals surface area contributed by atoms with Gasteiger partial charge in [0.15, 0.2) is 11.5 Å². The fourth-order valence-corrected chi connectivity index (χ4v) is 2.89. The summed E-state index contributed by atoms with van der Waals surface area (Å²) in [4.78, 5) is 9.09. The molecule has 120 valence electrons. The van der Waals surface area contributed by atoms with Gasteiger partial charge in [-0.3, -0.25) is 0 Å². The molecule has 4 aromatic rings. The maximum absolute atomic E-state index is 13.5. The van der Waals surface area contributed by atoms with Gasteiger partial charge in [-0.2, -0.15) is 4.52 Å². The monoisotopic (exact) mass is 321 g/mol. The van der Waals surface area contributed by atoms with Crippen LogP contribution >= 0.6 is 0 Å². The normalized spacial score (nSPS) is 11.7. The number of nitrogen functional groups attached to an aromatic ring is 1. The van der Waals surface area contributed by atoms with E-state index in [4.69, 9.17) is 5.73 Å². The van der Waals surface area contributed by atoms with Crippen LogP contribution < -0.4 is 5.73 Å². The van der Waals surface area contributed by atoms with Gasteiger partial charge in [-0.25, -0.2) is 14.4 Å². The van der Waals surface area contributed by atoms with Crippen LogP contribution in [-0.2, 0) is 0 Å². The summed E-state index contributed by atoms with van der Waals surface area (Å²) < 4.78 is 15.0. The van der Waals surface area contributed by atoms with E-state index in [1.807, 2.05) is 18.2 Å². The number of benzene rings is 2. The van der Waals surface area contributed by atoms with Crippen molar-refractivity contribution in [3.05, 3.63) is 53.8 Å². The third kappa shape index (κ3) is 2.19. The maximum Gasteiger partial charge on any atom is 0.223 e. The van der Waals surface area contributed by atoms with E-state index in [0.717, 1.165) is 16.5 Å². The number of para-hydroxylation sites is 1. The minimum absolute atomic E-state index is 0.265. The van der Waals surface area contributed by atoms with Crippen molar-refractivity contribution in [1.82, 2.24) is 19.6 Å². The molecule has 0 bridgehead atoms. The van der Waals surface area contributed by atoms with Gasteiger partial charge in [0.2, 0.25) is 5.95 Å². The summed E-state index contributed by atoms with van der Waals surface area (Å²) in [5, 5.41) is 5.28. The summed E-state index contributed by atoms with van der Waals surface area (Å²) in [7, 11) is 0. The van der Waals surface area contributed by atoms with Crippen molar-refractivity contribution >= 4 is 22.5 Å². The lowest BCUT2D eigenvalue weighted by Crippen LogP contribution is -2.04. The Morgan fingerprint density at radius 1 is 1.08 bits per heavy atom. The van der Waals surface area contributed by atoms with E-state index in [-0.39, 0.29) is 11.8 Å². The Kier molecular flexibility index (Phi) is 3.19. The van der Waals surface area contributed by atoms with E-state index in [1.165, 1.54) is 16.6 Å². The largest absolute Gasteiger partial charge is 0.368 e. The molecule has 4 rings (SSSR count). The van der Waals surface area contributed by atoms with Gasteiger partial charge >= 0.3 is 0 Å². The van der Waals surface area contributed by atoms with Crippen LogP contribution in [0.1, 0.15) is 25.3 Å². The molecule has 5 nitrogen and oxygen atoms in total. The number of aromatic nitrogens is 4. The number of rotatable bonds is 2. The molecule has 24 heavy (non-hydrogen) atoms. The predicted molar refractivity (Wildman–Crippen MR) is 92.2 cm³/mol. The third-order valence-electron chi connectivity index (χ3n) is 4.06. The Balaban J connectivity index is 2.04. The van der Waals surface area contributed by atoms with Gasteiger partial charge in [-0.1, -0.05) is 38.1 Å².